The topological polar surface area (TPSA) is 66.1 Å². The largest absolute Gasteiger partial charge is 0.327 e. The zero-order chi connectivity index (χ0) is 18.3. The number of nitrogens with zero attached hydrogens (tertiary/aromatic N) is 2. The SMILES string of the molecule is C[C@@H](c1ccccc1Cl)N(C(=O)c1n[nH]c(=O)c2ccccc12)C1CC1. The maximum absolute atomic E-state index is 13.4. The Morgan fingerprint density at radius 2 is 1.81 bits per heavy atom. The number of hydrogen-bond donors (Lipinski definition) is 1. The van der Waals surface area contributed by atoms with Crippen LogP contribution >= 0.6 is 11.6 Å². The molecule has 1 fully saturated rings. The van der Waals surface area contributed by atoms with E-state index in [1.54, 1.807) is 24.3 Å². The number of halogens is 1. The van der Waals surface area contributed by atoms with Crippen molar-refractivity contribution in [3.05, 3.63) is 75.2 Å². The molecule has 1 amide bonds. The van der Waals surface area contributed by atoms with E-state index in [0.29, 0.717) is 15.8 Å². The number of benzene rings is 2. The predicted octanol–water partition coefficient (Wildman–Crippen LogP) is 3.94. The van der Waals surface area contributed by atoms with E-state index in [-0.39, 0.29) is 29.2 Å². The van der Waals surface area contributed by atoms with Gasteiger partial charge < -0.3 is 4.90 Å². The molecule has 1 atom stereocenters. The molecule has 0 bridgehead atoms. The molecule has 3 aromatic rings. The summed E-state index contributed by atoms with van der Waals surface area (Å²) in [4.78, 5) is 27.2. The van der Waals surface area contributed by atoms with Crippen LogP contribution in [0.1, 0.15) is 41.9 Å². The molecule has 0 unspecified atom stereocenters. The van der Waals surface area contributed by atoms with Crippen molar-refractivity contribution in [2.45, 2.75) is 31.8 Å². The third-order valence-electron chi connectivity index (χ3n) is 4.85. The second kappa shape index (κ2) is 6.57. The lowest BCUT2D eigenvalue weighted by Gasteiger charge is -2.30. The highest BCUT2D eigenvalue weighted by Crippen LogP contribution is 2.37. The molecule has 6 heteroatoms. The summed E-state index contributed by atoms with van der Waals surface area (Å²) in [5.74, 6) is -0.188. The number of hydrogen-bond acceptors (Lipinski definition) is 3. The second-order valence-corrected chi connectivity index (χ2v) is 7.00. The second-order valence-electron chi connectivity index (χ2n) is 6.59. The van der Waals surface area contributed by atoms with Crippen LogP contribution in [0.4, 0.5) is 0 Å². The van der Waals surface area contributed by atoms with Crippen molar-refractivity contribution in [1.29, 1.82) is 0 Å². The van der Waals surface area contributed by atoms with E-state index in [4.69, 9.17) is 11.6 Å². The Kier molecular flexibility index (Phi) is 4.24. The summed E-state index contributed by atoms with van der Waals surface area (Å²) >= 11 is 6.35. The van der Waals surface area contributed by atoms with Gasteiger partial charge in [-0.15, -0.1) is 0 Å². The van der Waals surface area contributed by atoms with E-state index in [1.165, 1.54) is 0 Å². The number of nitrogens with one attached hydrogen (secondary N) is 1. The predicted molar refractivity (Wildman–Crippen MR) is 101 cm³/mol. The van der Waals surface area contributed by atoms with Crippen LogP contribution in [0.3, 0.4) is 0 Å². The number of amides is 1. The summed E-state index contributed by atoms with van der Waals surface area (Å²) < 4.78 is 0. The van der Waals surface area contributed by atoms with Gasteiger partial charge in [0.05, 0.1) is 11.4 Å². The van der Waals surface area contributed by atoms with E-state index in [1.807, 2.05) is 36.1 Å². The summed E-state index contributed by atoms with van der Waals surface area (Å²) in [5, 5.41) is 8.19. The number of aromatic nitrogens is 2. The van der Waals surface area contributed by atoms with Crippen LogP contribution in [0.2, 0.25) is 5.02 Å². The van der Waals surface area contributed by atoms with Gasteiger partial charge in [0.25, 0.3) is 11.5 Å². The van der Waals surface area contributed by atoms with Crippen molar-refractivity contribution in [1.82, 2.24) is 15.1 Å². The van der Waals surface area contributed by atoms with Crippen molar-refractivity contribution in [3.8, 4) is 0 Å². The fourth-order valence-electron chi connectivity index (χ4n) is 3.37. The van der Waals surface area contributed by atoms with Gasteiger partial charge in [-0.2, -0.15) is 5.10 Å². The minimum absolute atomic E-state index is 0.168. The first-order valence-corrected chi connectivity index (χ1v) is 9.00. The smallest absolute Gasteiger partial charge is 0.275 e. The van der Waals surface area contributed by atoms with Crippen LogP contribution in [0.5, 0.6) is 0 Å². The molecule has 0 spiro atoms. The number of aromatic amines is 1. The van der Waals surface area contributed by atoms with Crippen LogP contribution in [0.25, 0.3) is 10.8 Å². The molecule has 5 nitrogen and oxygen atoms in total. The summed E-state index contributed by atoms with van der Waals surface area (Å²) in [7, 11) is 0. The molecular weight excluding hydrogens is 350 g/mol. The molecule has 1 aromatic heterocycles. The normalized spacial score (nSPS) is 15.0. The van der Waals surface area contributed by atoms with E-state index in [2.05, 4.69) is 10.2 Å². The van der Waals surface area contributed by atoms with Gasteiger partial charge in [0, 0.05) is 16.5 Å². The van der Waals surface area contributed by atoms with Crippen molar-refractivity contribution in [3.63, 3.8) is 0 Å². The zero-order valence-electron chi connectivity index (χ0n) is 14.3. The highest BCUT2D eigenvalue weighted by atomic mass is 35.5. The van der Waals surface area contributed by atoms with E-state index < -0.39 is 0 Å². The molecule has 4 rings (SSSR count). The van der Waals surface area contributed by atoms with Crippen molar-refractivity contribution in [2.24, 2.45) is 0 Å². The Balaban J connectivity index is 1.79. The number of carbonyl (C=O) groups excluding carboxylic acids is 1. The lowest BCUT2D eigenvalue weighted by molar-refractivity contribution is 0.0669. The van der Waals surface area contributed by atoms with Crippen molar-refractivity contribution in [2.75, 3.05) is 0 Å². The van der Waals surface area contributed by atoms with Gasteiger partial charge in [0.2, 0.25) is 0 Å². The molecule has 1 N–H and O–H groups in total. The van der Waals surface area contributed by atoms with Gasteiger partial charge in [-0.1, -0.05) is 48.0 Å². The third kappa shape index (κ3) is 2.88. The van der Waals surface area contributed by atoms with Gasteiger partial charge in [-0.3, -0.25) is 9.59 Å². The Labute approximate surface area is 155 Å². The Morgan fingerprint density at radius 1 is 1.15 bits per heavy atom. The zero-order valence-corrected chi connectivity index (χ0v) is 15.0. The Hall–Kier alpha value is -2.66. The molecule has 0 saturated heterocycles. The van der Waals surface area contributed by atoms with Gasteiger partial charge in [-0.05, 0) is 37.5 Å². The number of carbonyl (C=O) groups is 1. The van der Waals surface area contributed by atoms with Crippen LogP contribution in [0, 0.1) is 0 Å². The molecule has 132 valence electrons. The summed E-state index contributed by atoms with van der Waals surface area (Å²) in [6.07, 6.45) is 1.92. The van der Waals surface area contributed by atoms with E-state index in [0.717, 1.165) is 18.4 Å². The van der Waals surface area contributed by atoms with Gasteiger partial charge in [0.15, 0.2) is 5.69 Å². The average Bonchev–Trinajstić information content (AvgIpc) is 3.47. The van der Waals surface area contributed by atoms with Crippen LogP contribution in [0.15, 0.2) is 53.3 Å². The summed E-state index contributed by atoms with van der Waals surface area (Å²) in [5.41, 5.74) is 0.878. The maximum Gasteiger partial charge on any atom is 0.275 e. The van der Waals surface area contributed by atoms with Gasteiger partial charge in [0.1, 0.15) is 0 Å². The molecule has 1 heterocycles. The molecule has 26 heavy (non-hydrogen) atoms. The van der Waals surface area contributed by atoms with Crippen LogP contribution < -0.4 is 5.56 Å². The third-order valence-corrected chi connectivity index (χ3v) is 5.19. The Bertz CT molecular complexity index is 1040. The fraction of sp³-hybridized carbons (Fsp3) is 0.250. The Morgan fingerprint density at radius 3 is 2.50 bits per heavy atom. The highest BCUT2D eigenvalue weighted by Gasteiger charge is 2.38. The number of fused-ring (bicyclic) bond motifs is 1. The average molecular weight is 368 g/mol. The molecule has 1 aliphatic rings. The molecular formula is C20H18ClN3O2. The van der Waals surface area contributed by atoms with E-state index in [9.17, 15) is 9.59 Å². The molecule has 0 radical (unpaired) electrons. The lowest BCUT2D eigenvalue weighted by atomic mass is 10.0. The molecule has 1 aliphatic carbocycles. The first-order valence-electron chi connectivity index (χ1n) is 8.62. The lowest BCUT2D eigenvalue weighted by Crippen LogP contribution is -2.37. The van der Waals surface area contributed by atoms with Gasteiger partial charge >= 0.3 is 0 Å². The fourth-order valence-corrected chi connectivity index (χ4v) is 3.67. The van der Waals surface area contributed by atoms with Crippen molar-refractivity contribution >= 4 is 28.3 Å². The first kappa shape index (κ1) is 16.8. The van der Waals surface area contributed by atoms with E-state index >= 15 is 0 Å². The quantitative estimate of drug-likeness (QED) is 0.759. The maximum atomic E-state index is 13.4. The van der Waals surface area contributed by atoms with Crippen LogP contribution in [-0.2, 0) is 0 Å². The molecule has 0 aliphatic heterocycles. The monoisotopic (exact) mass is 367 g/mol. The highest BCUT2D eigenvalue weighted by molar-refractivity contribution is 6.31. The summed E-state index contributed by atoms with van der Waals surface area (Å²) in [6.45, 7) is 1.98. The standard InChI is InChI=1S/C20H18ClN3O2/c1-12(14-6-4-5-9-17(14)21)24(13-10-11-13)20(26)18-15-7-2-3-8-16(15)19(25)23-22-18/h2-9,12-13H,10-11H2,1H3,(H,23,25)/t12-/m0/s1. The molecule has 1 saturated carbocycles. The van der Waals surface area contributed by atoms with Crippen molar-refractivity contribution < 1.29 is 4.79 Å². The minimum Gasteiger partial charge on any atom is -0.327 e. The minimum atomic E-state index is -0.297. The first-order chi connectivity index (χ1) is 12.6. The summed E-state index contributed by atoms with van der Waals surface area (Å²) in [6, 6.07) is 14.6. The number of rotatable bonds is 4. The van der Waals surface area contributed by atoms with Gasteiger partial charge in [-0.25, -0.2) is 5.10 Å². The molecule has 2 aromatic carbocycles. The number of H-pyrrole nitrogens is 1. The van der Waals surface area contributed by atoms with Crippen LogP contribution in [-0.4, -0.2) is 27.0 Å².